The molecule has 8 heteroatoms. The lowest BCUT2D eigenvalue weighted by atomic mass is 10.2. The van der Waals surface area contributed by atoms with Crippen LogP contribution >= 0.6 is 11.8 Å². The fraction of sp³-hybridized carbons (Fsp3) is 0.125. The molecule has 0 fully saturated rings. The minimum atomic E-state index is -4.65. The van der Waals surface area contributed by atoms with Crippen molar-refractivity contribution < 1.29 is 21.6 Å². The van der Waals surface area contributed by atoms with Crippen LogP contribution in [0.25, 0.3) is 0 Å². The summed E-state index contributed by atoms with van der Waals surface area (Å²) in [4.78, 5) is -0.749. The Hall–Kier alpha value is -1.93. The molecule has 0 amide bonds. The number of hydrogen-bond donors (Lipinski definition) is 1. The normalized spacial score (nSPS) is 12.0. The average molecular weight is 373 g/mol. The van der Waals surface area contributed by atoms with Crippen molar-refractivity contribution in [2.24, 2.45) is 0 Å². The van der Waals surface area contributed by atoms with E-state index in [4.69, 9.17) is 0 Å². The van der Waals surface area contributed by atoms with Crippen LogP contribution in [-0.4, -0.2) is 14.2 Å². The molecule has 1 N–H and O–H groups in total. The largest absolute Gasteiger partial charge is 0.417 e. The molecule has 0 spiro atoms. The molecule has 0 heterocycles. The summed E-state index contributed by atoms with van der Waals surface area (Å²) in [7, 11) is -4.16. The second-order valence-corrected chi connectivity index (χ2v) is 7.38. The van der Waals surface area contributed by atoms with Gasteiger partial charge in [0.1, 0.15) is 4.90 Å². The topological polar surface area (TPSA) is 46.2 Å². The minimum Gasteiger partial charge on any atom is -0.280 e. The number of hydrogen-bond acceptors (Lipinski definition) is 3. The summed E-state index contributed by atoms with van der Waals surface area (Å²) in [6, 6.07) is 11.1. The fourth-order valence-corrected chi connectivity index (χ4v) is 4.47. The lowest BCUT2D eigenvalue weighted by Crippen LogP contribution is -2.16. The number of rotatable bonds is 6. The van der Waals surface area contributed by atoms with Crippen molar-refractivity contribution in [1.29, 1.82) is 0 Å². The molecule has 0 radical (unpaired) electrons. The van der Waals surface area contributed by atoms with E-state index >= 15 is 0 Å². The first-order valence-corrected chi connectivity index (χ1v) is 9.24. The molecule has 128 valence electrons. The fourth-order valence-electron chi connectivity index (χ4n) is 1.96. The Kier molecular flexibility index (Phi) is 5.61. The van der Waals surface area contributed by atoms with Crippen molar-refractivity contribution in [2.75, 3.05) is 10.5 Å². The van der Waals surface area contributed by atoms with Crippen LogP contribution in [0.4, 0.5) is 18.9 Å². The van der Waals surface area contributed by atoms with Crippen molar-refractivity contribution >= 4 is 27.5 Å². The number of anilines is 1. The summed E-state index contributed by atoms with van der Waals surface area (Å²) >= 11 is 0.781. The van der Waals surface area contributed by atoms with E-state index in [2.05, 4.69) is 11.3 Å². The standard InChI is InChI=1S/C16H14F3NO2S2/c1-2-11-23-15-13(16(17,18)19)9-6-10-14(15)24(21,22)20-12-7-4-3-5-8-12/h2-10,20H,1,11H2. The van der Waals surface area contributed by atoms with Crippen LogP contribution in [0.5, 0.6) is 0 Å². The van der Waals surface area contributed by atoms with Gasteiger partial charge in [-0.2, -0.15) is 13.2 Å². The number of alkyl halides is 3. The Morgan fingerprint density at radius 1 is 1.08 bits per heavy atom. The second kappa shape index (κ2) is 7.31. The molecule has 3 nitrogen and oxygen atoms in total. The highest BCUT2D eigenvalue weighted by atomic mass is 32.2. The summed E-state index contributed by atoms with van der Waals surface area (Å²) in [6.45, 7) is 3.46. The van der Waals surface area contributed by atoms with E-state index in [-0.39, 0.29) is 16.3 Å². The van der Waals surface area contributed by atoms with Gasteiger partial charge in [0.2, 0.25) is 0 Å². The summed E-state index contributed by atoms with van der Waals surface area (Å²) in [5, 5.41) is 0. The molecule has 0 aliphatic heterocycles. The Morgan fingerprint density at radius 3 is 2.33 bits per heavy atom. The van der Waals surface area contributed by atoms with Crippen molar-refractivity contribution in [2.45, 2.75) is 16.0 Å². The molecule has 0 atom stereocenters. The predicted molar refractivity (Wildman–Crippen MR) is 89.6 cm³/mol. The van der Waals surface area contributed by atoms with Gasteiger partial charge in [0.25, 0.3) is 10.0 Å². The van der Waals surface area contributed by atoms with E-state index in [0.29, 0.717) is 0 Å². The molecular formula is C16H14F3NO2S2. The molecule has 0 aliphatic carbocycles. The van der Waals surface area contributed by atoms with Gasteiger partial charge in [0.05, 0.1) is 5.56 Å². The van der Waals surface area contributed by atoms with Gasteiger partial charge in [-0.3, -0.25) is 4.72 Å². The second-order valence-electron chi connectivity index (χ2n) is 4.70. The third kappa shape index (κ3) is 4.33. The SMILES string of the molecule is C=CCSc1c(C(F)(F)F)cccc1S(=O)(=O)Nc1ccccc1. The molecule has 2 aromatic rings. The van der Waals surface area contributed by atoms with Crippen molar-refractivity contribution in [3.63, 3.8) is 0 Å². The van der Waals surface area contributed by atoms with Crippen molar-refractivity contribution in [1.82, 2.24) is 0 Å². The number of thioether (sulfide) groups is 1. The minimum absolute atomic E-state index is 0.154. The average Bonchev–Trinajstić information content (AvgIpc) is 2.52. The third-order valence-electron chi connectivity index (χ3n) is 2.95. The molecule has 2 aromatic carbocycles. The smallest absolute Gasteiger partial charge is 0.280 e. The van der Waals surface area contributed by atoms with E-state index in [1.54, 1.807) is 18.2 Å². The number of benzene rings is 2. The maximum atomic E-state index is 13.2. The Labute approximate surface area is 142 Å². The number of para-hydroxylation sites is 1. The zero-order valence-electron chi connectivity index (χ0n) is 12.4. The summed E-state index contributed by atoms with van der Waals surface area (Å²) in [5.74, 6) is 0.154. The van der Waals surface area contributed by atoms with Crippen LogP contribution in [0.1, 0.15) is 5.56 Å². The van der Waals surface area contributed by atoms with Crippen molar-refractivity contribution in [3.05, 3.63) is 66.7 Å². The molecular weight excluding hydrogens is 359 g/mol. The summed E-state index contributed by atoms with van der Waals surface area (Å²) < 4.78 is 67.0. The lowest BCUT2D eigenvalue weighted by Gasteiger charge is -2.17. The van der Waals surface area contributed by atoms with Crippen LogP contribution in [0.3, 0.4) is 0 Å². The van der Waals surface area contributed by atoms with Crippen LogP contribution in [0, 0.1) is 0 Å². The number of halogens is 3. The Bertz CT molecular complexity index is 819. The third-order valence-corrected chi connectivity index (χ3v) is 5.63. The zero-order valence-corrected chi connectivity index (χ0v) is 14.0. The van der Waals surface area contributed by atoms with Gasteiger partial charge in [0, 0.05) is 16.3 Å². The summed E-state index contributed by atoms with van der Waals surface area (Å²) in [6.07, 6.45) is -3.24. The molecule has 0 bridgehead atoms. The highest BCUT2D eigenvalue weighted by molar-refractivity contribution is 8.00. The lowest BCUT2D eigenvalue weighted by molar-refractivity contribution is -0.140. The molecule has 0 aliphatic rings. The molecule has 2 rings (SSSR count). The van der Waals surface area contributed by atoms with Crippen LogP contribution in [0.15, 0.2) is 71.0 Å². The maximum absolute atomic E-state index is 13.2. The van der Waals surface area contributed by atoms with Gasteiger partial charge >= 0.3 is 6.18 Å². The van der Waals surface area contributed by atoms with Gasteiger partial charge in [-0.15, -0.1) is 18.3 Å². The van der Waals surface area contributed by atoms with Gasteiger partial charge < -0.3 is 0 Å². The zero-order chi connectivity index (χ0) is 17.8. The van der Waals surface area contributed by atoms with E-state index < -0.39 is 26.7 Å². The molecule has 0 saturated carbocycles. The van der Waals surface area contributed by atoms with Gasteiger partial charge in [-0.1, -0.05) is 30.3 Å². The first-order valence-electron chi connectivity index (χ1n) is 6.77. The van der Waals surface area contributed by atoms with E-state index in [1.165, 1.54) is 18.2 Å². The summed E-state index contributed by atoms with van der Waals surface area (Å²) in [5.41, 5.74) is -0.708. The van der Waals surface area contributed by atoms with E-state index in [1.807, 2.05) is 0 Å². The van der Waals surface area contributed by atoms with Crippen LogP contribution < -0.4 is 4.72 Å². The predicted octanol–water partition coefficient (Wildman–Crippen LogP) is 4.78. The van der Waals surface area contributed by atoms with Gasteiger partial charge in [-0.05, 0) is 24.3 Å². The Balaban J connectivity index is 2.53. The number of sulfonamides is 1. The van der Waals surface area contributed by atoms with Crippen LogP contribution in [0.2, 0.25) is 0 Å². The van der Waals surface area contributed by atoms with Gasteiger partial charge in [0.15, 0.2) is 0 Å². The first kappa shape index (κ1) is 18.4. The molecule has 0 unspecified atom stereocenters. The molecule has 0 aromatic heterocycles. The Morgan fingerprint density at radius 2 is 1.75 bits per heavy atom. The highest BCUT2D eigenvalue weighted by Crippen LogP contribution is 2.40. The quantitative estimate of drug-likeness (QED) is 0.585. The highest BCUT2D eigenvalue weighted by Gasteiger charge is 2.36. The van der Waals surface area contributed by atoms with E-state index in [9.17, 15) is 21.6 Å². The monoisotopic (exact) mass is 373 g/mol. The molecule has 0 saturated heterocycles. The number of nitrogens with one attached hydrogen (secondary N) is 1. The molecule has 24 heavy (non-hydrogen) atoms. The van der Waals surface area contributed by atoms with E-state index in [0.717, 1.165) is 30.0 Å². The maximum Gasteiger partial charge on any atom is 0.417 e. The first-order chi connectivity index (χ1) is 11.3. The van der Waals surface area contributed by atoms with Crippen molar-refractivity contribution in [3.8, 4) is 0 Å². The van der Waals surface area contributed by atoms with Crippen LogP contribution in [-0.2, 0) is 16.2 Å². The van der Waals surface area contributed by atoms with Gasteiger partial charge in [-0.25, -0.2) is 8.42 Å².